The average molecular weight is 344 g/mol. The van der Waals surface area contributed by atoms with Gasteiger partial charge in [0, 0.05) is 4.47 Å². The van der Waals surface area contributed by atoms with Gasteiger partial charge < -0.3 is 9.73 Å². The molecule has 1 N–H and O–H groups in total. The Labute approximate surface area is 128 Å². The zero-order valence-electron chi connectivity index (χ0n) is 10.8. The lowest BCUT2D eigenvalue weighted by Gasteiger charge is -2.07. The van der Waals surface area contributed by atoms with Crippen LogP contribution in [-0.2, 0) is 0 Å². The van der Waals surface area contributed by atoms with Crippen molar-refractivity contribution >= 4 is 38.5 Å². The summed E-state index contributed by atoms with van der Waals surface area (Å²) in [4.78, 5) is 24.6. The van der Waals surface area contributed by atoms with Crippen LogP contribution in [0.2, 0.25) is 0 Å². The zero-order chi connectivity index (χ0) is 14.8. The van der Waals surface area contributed by atoms with Crippen molar-refractivity contribution in [2.24, 2.45) is 0 Å². The van der Waals surface area contributed by atoms with Gasteiger partial charge in [0.15, 0.2) is 0 Å². The average Bonchev–Trinajstić information content (AvgIpc) is 2.50. The second-order valence-electron chi connectivity index (χ2n) is 4.41. The van der Waals surface area contributed by atoms with Gasteiger partial charge in [-0.2, -0.15) is 0 Å². The van der Waals surface area contributed by atoms with Gasteiger partial charge >= 0.3 is 0 Å². The minimum atomic E-state index is -0.499. The van der Waals surface area contributed by atoms with Gasteiger partial charge in [-0.05, 0) is 40.2 Å². The third kappa shape index (κ3) is 2.60. The molecule has 0 fully saturated rings. The van der Waals surface area contributed by atoms with E-state index in [4.69, 9.17) is 4.42 Å². The first-order chi connectivity index (χ1) is 10.2. The molecule has 1 amide bonds. The molecule has 0 atom stereocenters. The van der Waals surface area contributed by atoms with Crippen LogP contribution in [0.1, 0.15) is 10.4 Å². The molecular formula is C16H10BrNO3. The van der Waals surface area contributed by atoms with Crippen LogP contribution in [0.5, 0.6) is 0 Å². The van der Waals surface area contributed by atoms with Crippen LogP contribution in [0.25, 0.3) is 11.0 Å². The predicted molar refractivity (Wildman–Crippen MR) is 84.6 cm³/mol. The zero-order valence-corrected chi connectivity index (χ0v) is 12.4. The smallest absolute Gasteiger partial charge is 0.262 e. The van der Waals surface area contributed by atoms with E-state index in [-0.39, 0.29) is 11.0 Å². The summed E-state index contributed by atoms with van der Waals surface area (Å²) < 4.78 is 6.08. The Morgan fingerprint density at radius 2 is 1.76 bits per heavy atom. The van der Waals surface area contributed by atoms with Gasteiger partial charge in [0.1, 0.15) is 17.4 Å². The van der Waals surface area contributed by atoms with Gasteiger partial charge in [0.05, 0.1) is 11.1 Å². The van der Waals surface area contributed by atoms with Crippen molar-refractivity contribution in [3.8, 4) is 0 Å². The molecule has 4 nitrogen and oxygen atoms in total. The highest BCUT2D eigenvalue weighted by Gasteiger charge is 2.15. The van der Waals surface area contributed by atoms with Crippen LogP contribution in [0.4, 0.5) is 5.69 Å². The number of anilines is 1. The number of hydrogen-bond acceptors (Lipinski definition) is 3. The molecule has 5 heteroatoms. The van der Waals surface area contributed by atoms with E-state index in [0.29, 0.717) is 16.7 Å². The van der Waals surface area contributed by atoms with Gasteiger partial charge in [-0.1, -0.05) is 24.3 Å². The van der Waals surface area contributed by atoms with E-state index in [1.165, 1.54) is 6.26 Å². The Morgan fingerprint density at radius 1 is 1.05 bits per heavy atom. The fraction of sp³-hybridized carbons (Fsp3) is 0. The second-order valence-corrected chi connectivity index (χ2v) is 5.26. The molecule has 0 saturated heterocycles. The summed E-state index contributed by atoms with van der Waals surface area (Å²) in [5, 5.41) is 3.07. The van der Waals surface area contributed by atoms with E-state index in [2.05, 4.69) is 21.2 Å². The lowest BCUT2D eigenvalue weighted by molar-refractivity contribution is 0.102. The van der Waals surface area contributed by atoms with E-state index in [0.717, 1.165) is 4.47 Å². The summed E-state index contributed by atoms with van der Waals surface area (Å²) in [5.74, 6) is -0.499. The maximum absolute atomic E-state index is 12.3. The first-order valence-electron chi connectivity index (χ1n) is 6.23. The molecule has 0 aliphatic rings. The largest absolute Gasteiger partial charge is 0.463 e. The molecule has 1 aromatic heterocycles. The lowest BCUT2D eigenvalue weighted by Crippen LogP contribution is -2.21. The Kier molecular flexibility index (Phi) is 3.58. The standard InChI is InChI=1S/C16H10BrNO3/c17-12-6-2-3-7-13(12)18-16(20)11-9-21-14-8-4-1-5-10(14)15(11)19/h1-9H,(H,18,20). The maximum atomic E-state index is 12.3. The van der Waals surface area contributed by atoms with Gasteiger partial charge in [0.2, 0.25) is 5.43 Å². The number of rotatable bonds is 2. The van der Waals surface area contributed by atoms with Gasteiger partial charge in [-0.25, -0.2) is 0 Å². The predicted octanol–water partition coefficient (Wildman–Crippen LogP) is 3.81. The highest BCUT2D eigenvalue weighted by atomic mass is 79.9. The molecule has 0 bridgehead atoms. The third-order valence-corrected chi connectivity index (χ3v) is 3.74. The minimum absolute atomic E-state index is 0.0237. The number of carbonyl (C=O) groups excluding carboxylic acids is 1. The van der Waals surface area contributed by atoms with Crippen molar-refractivity contribution in [1.29, 1.82) is 0 Å². The summed E-state index contributed by atoms with van der Waals surface area (Å²) in [6.07, 6.45) is 1.19. The minimum Gasteiger partial charge on any atom is -0.463 e. The van der Waals surface area contributed by atoms with Gasteiger partial charge in [-0.3, -0.25) is 9.59 Å². The molecule has 104 valence electrons. The molecule has 0 aliphatic carbocycles. The molecule has 0 unspecified atom stereocenters. The molecular weight excluding hydrogens is 334 g/mol. The number of hydrogen-bond donors (Lipinski definition) is 1. The van der Waals surface area contributed by atoms with E-state index in [1.807, 2.05) is 6.07 Å². The van der Waals surface area contributed by atoms with Crippen LogP contribution in [-0.4, -0.2) is 5.91 Å². The fourth-order valence-corrected chi connectivity index (χ4v) is 2.37. The SMILES string of the molecule is O=C(Nc1ccccc1Br)c1coc2ccccc2c1=O. The van der Waals surface area contributed by atoms with E-state index in [9.17, 15) is 9.59 Å². The van der Waals surface area contributed by atoms with Crippen LogP contribution in [0.3, 0.4) is 0 Å². The second kappa shape index (κ2) is 5.54. The van der Waals surface area contributed by atoms with Crippen molar-refractivity contribution < 1.29 is 9.21 Å². The number of para-hydroxylation sites is 2. The first kappa shape index (κ1) is 13.6. The number of carbonyl (C=O) groups is 1. The van der Waals surface area contributed by atoms with Crippen LogP contribution >= 0.6 is 15.9 Å². The Morgan fingerprint density at radius 3 is 2.57 bits per heavy atom. The molecule has 0 spiro atoms. The van der Waals surface area contributed by atoms with Crippen LogP contribution < -0.4 is 10.7 Å². The van der Waals surface area contributed by atoms with Crippen molar-refractivity contribution in [1.82, 2.24) is 0 Å². The number of amides is 1. The van der Waals surface area contributed by atoms with Gasteiger partial charge in [-0.15, -0.1) is 0 Å². The van der Waals surface area contributed by atoms with Crippen molar-refractivity contribution in [2.75, 3.05) is 5.32 Å². The number of nitrogens with one attached hydrogen (secondary N) is 1. The highest BCUT2D eigenvalue weighted by molar-refractivity contribution is 9.10. The monoisotopic (exact) mass is 343 g/mol. The molecule has 3 rings (SSSR count). The Balaban J connectivity index is 2.01. The van der Waals surface area contributed by atoms with Crippen LogP contribution in [0, 0.1) is 0 Å². The topological polar surface area (TPSA) is 59.3 Å². The molecule has 0 radical (unpaired) electrons. The number of benzene rings is 2. The molecule has 21 heavy (non-hydrogen) atoms. The third-order valence-electron chi connectivity index (χ3n) is 3.05. The van der Waals surface area contributed by atoms with E-state index in [1.54, 1.807) is 42.5 Å². The number of halogens is 1. The van der Waals surface area contributed by atoms with Gasteiger partial charge in [0.25, 0.3) is 5.91 Å². The molecule has 2 aromatic carbocycles. The molecule has 0 aliphatic heterocycles. The summed E-state index contributed by atoms with van der Waals surface area (Å²) >= 11 is 3.34. The number of fused-ring (bicyclic) bond motifs is 1. The maximum Gasteiger partial charge on any atom is 0.262 e. The molecule has 0 saturated carbocycles. The lowest BCUT2D eigenvalue weighted by atomic mass is 10.1. The summed E-state index contributed by atoms with van der Waals surface area (Å²) in [5.41, 5.74) is 0.681. The summed E-state index contributed by atoms with van der Waals surface area (Å²) in [7, 11) is 0. The fourth-order valence-electron chi connectivity index (χ4n) is 1.99. The Bertz CT molecular complexity index is 886. The quantitative estimate of drug-likeness (QED) is 0.769. The molecule has 1 heterocycles. The summed E-state index contributed by atoms with van der Waals surface area (Å²) in [6.45, 7) is 0. The highest BCUT2D eigenvalue weighted by Crippen LogP contribution is 2.21. The van der Waals surface area contributed by atoms with E-state index < -0.39 is 5.91 Å². The van der Waals surface area contributed by atoms with Crippen molar-refractivity contribution in [3.05, 3.63) is 75.1 Å². The normalized spacial score (nSPS) is 10.5. The first-order valence-corrected chi connectivity index (χ1v) is 7.02. The summed E-state index contributed by atoms with van der Waals surface area (Å²) in [6, 6.07) is 14.0. The van der Waals surface area contributed by atoms with Crippen molar-refractivity contribution in [3.63, 3.8) is 0 Å². The van der Waals surface area contributed by atoms with Crippen molar-refractivity contribution in [2.45, 2.75) is 0 Å². The molecule has 3 aromatic rings. The van der Waals surface area contributed by atoms with E-state index >= 15 is 0 Å². The Hall–Kier alpha value is -2.40. The van der Waals surface area contributed by atoms with Crippen LogP contribution in [0.15, 0.2) is 68.5 Å².